The van der Waals surface area contributed by atoms with Gasteiger partial charge in [-0.2, -0.15) is 5.26 Å². The first-order chi connectivity index (χ1) is 30.4. The summed E-state index contributed by atoms with van der Waals surface area (Å²) < 4.78 is 42.0. The normalized spacial score (nSPS) is 19.1. The Morgan fingerprint density at radius 2 is 1.32 bits per heavy atom. The standard InChI is InChI=1S/C47H50N5O10P/c1-30(2)52(31(3)4)63(60-28-12-26-48)62-42-39(61-45(50-27-25-40(53)49-46(50)56)41(42)51-43(54)37-15-10-11-16-38(37)44(51)55)29-59-47(32-13-8-7-9-14-32,33-17-21-35(57-5)22-18-33)34-19-23-36(58-6)24-20-34/h7-11,13-25,27,30-31,39,41-42,45H,12,28-29H2,1-6H3,(H,49,53,56)/t39-,41-,42-,45-,63?/m1/s1. The van der Waals surface area contributed by atoms with Gasteiger partial charge in [-0.1, -0.05) is 66.7 Å². The van der Waals surface area contributed by atoms with Gasteiger partial charge in [0.05, 0.1) is 51.1 Å². The second-order valence-electron chi connectivity index (χ2n) is 15.5. The van der Waals surface area contributed by atoms with E-state index < -0.39 is 61.7 Å². The maximum atomic E-state index is 14.5. The van der Waals surface area contributed by atoms with E-state index in [0.29, 0.717) is 11.5 Å². The van der Waals surface area contributed by atoms with Gasteiger partial charge in [0.1, 0.15) is 35.3 Å². The van der Waals surface area contributed by atoms with Gasteiger partial charge in [0.15, 0.2) is 6.23 Å². The zero-order valence-electron chi connectivity index (χ0n) is 35.9. The molecule has 0 saturated carbocycles. The summed E-state index contributed by atoms with van der Waals surface area (Å²) in [6, 6.07) is 32.8. The molecule has 1 aromatic heterocycles. The Bertz CT molecular complexity index is 2450. The summed E-state index contributed by atoms with van der Waals surface area (Å²) in [6.45, 7) is 7.73. The number of methoxy groups -OCH3 is 2. The fourth-order valence-electron chi connectivity index (χ4n) is 8.27. The molecule has 2 aliphatic rings. The van der Waals surface area contributed by atoms with Gasteiger partial charge in [-0.25, -0.2) is 9.46 Å². The topological polar surface area (TPSA) is 175 Å². The van der Waals surface area contributed by atoms with Crippen molar-refractivity contribution in [1.29, 1.82) is 5.26 Å². The number of aromatic amines is 1. The van der Waals surface area contributed by atoms with E-state index in [1.165, 1.54) is 6.20 Å². The summed E-state index contributed by atoms with van der Waals surface area (Å²) in [5.74, 6) is 0.0312. The molecule has 4 aromatic carbocycles. The number of hydrogen-bond donors (Lipinski definition) is 1. The Morgan fingerprint density at radius 3 is 1.83 bits per heavy atom. The SMILES string of the molecule is COc1ccc(C(OC[C@H]2O[C@@H](n3ccc(=O)[nH]c3=O)[C@H](N3C(=O)c4ccccc4C3=O)[C@@H]2OP(OCCC#N)N(C(C)C)C(C)C)(c2ccccc2)c2ccc(OC)cc2)cc1. The summed E-state index contributed by atoms with van der Waals surface area (Å²) in [6.07, 6.45) is -2.38. The molecule has 63 heavy (non-hydrogen) atoms. The van der Waals surface area contributed by atoms with Crippen molar-refractivity contribution in [2.45, 2.75) is 76.3 Å². The van der Waals surface area contributed by atoms with Crippen LogP contribution >= 0.6 is 8.53 Å². The highest BCUT2D eigenvalue weighted by atomic mass is 31.2. The van der Waals surface area contributed by atoms with Crippen molar-refractivity contribution in [3.05, 3.63) is 164 Å². The average molecular weight is 876 g/mol. The second kappa shape index (κ2) is 19.6. The Morgan fingerprint density at radius 1 is 0.778 bits per heavy atom. The molecule has 1 N–H and O–H groups in total. The van der Waals surface area contributed by atoms with Crippen LogP contribution in [0.25, 0.3) is 0 Å². The van der Waals surface area contributed by atoms with Gasteiger partial charge < -0.3 is 28.0 Å². The van der Waals surface area contributed by atoms with Crippen LogP contribution in [0, 0.1) is 11.3 Å². The Labute approximate surface area is 366 Å². The van der Waals surface area contributed by atoms with Crippen LogP contribution in [0.5, 0.6) is 11.5 Å². The van der Waals surface area contributed by atoms with E-state index >= 15 is 0 Å². The Balaban J connectivity index is 1.43. The van der Waals surface area contributed by atoms with E-state index in [9.17, 15) is 24.4 Å². The molecule has 16 heteroatoms. The molecule has 15 nitrogen and oxygen atoms in total. The lowest BCUT2D eigenvalue weighted by Gasteiger charge is -2.40. The van der Waals surface area contributed by atoms with Crippen LogP contribution in [0.1, 0.15) is 77.8 Å². The number of imide groups is 1. The maximum absolute atomic E-state index is 14.5. The third-order valence-electron chi connectivity index (χ3n) is 11.1. The molecule has 3 heterocycles. The van der Waals surface area contributed by atoms with Gasteiger partial charge in [0.25, 0.3) is 25.9 Å². The van der Waals surface area contributed by atoms with E-state index in [-0.39, 0.29) is 42.8 Å². The highest BCUT2D eigenvalue weighted by Crippen LogP contribution is 2.52. The fraction of sp³-hybridized carbons (Fsp3) is 0.340. The summed E-state index contributed by atoms with van der Waals surface area (Å²) in [5.41, 5.74) is -0.242. The molecule has 5 aromatic rings. The number of rotatable bonds is 18. The molecule has 1 unspecified atom stereocenters. The largest absolute Gasteiger partial charge is 0.497 e. The lowest BCUT2D eigenvalue weighted by molar-refractivity contribution is -0.0932. The smallest absolute Gasteiger partial charge is 0.330 e. The average Bonchev–Trinajstić information content (AvgIpc) is 3.75. The first kappa shape index (κ1) is 45.1. The van der Waals surface area contributed by atoms with Crippen molar-refractivity contribution >= 4 is 20.3 Å². The van der Waals surface area contributed by atoms with Crippen molar-refractivity contribution in [2.24, 2.45) is 0 Å². The van der Waals surface area contributed by atoms with E-state index in [1.807, 2.05) is 111 Å². The number of hydrogen-bond acceptors (Lipinski definition) is 12. The maximum Gasteiger partial charge on any atom is 0.330 e. The molecule has 1 fully saturated rings. The van der Waals surface area contributed by atoms with Crippen LogP contribution in [-0.4, -0.2) is 88.7 Å². The van der Waals surface area contributed by atoms with Crippen molar-refractivity contribution in [2.75, 3.05) is 27.4 Å². The number of aromatic nitrogens is 2. The van der Waals surface area contributed by atoms with Gasteiger partial charge >= 0.3 is 5.69 Å². The molecular formula is C47H50N5O10P. The summed E-state index contributed by atoms with van der Waals surface area (Å²) in [7, 11) is 1.14. The number of nitriles is 1. The minimum absolute atomic E-state index is 0.0272. The van der Waals surface area contributed by atoms with Gasteiger partial charge in [-0.15, -0.1) is 0 Å². The van der Waals surface area contributed by atoms with Crippen LogP contribution in [0.4, 0.5) is 0 Å². The van der Waals surface area contributed by atoms with E-state index in [0.717, 1.165) is 32.2 Å². The van der Waals surface area contributed by atoms with Crippen molar-refractivity contribution in [1.82, 2.24) is 19.1 Å². The van der Waals surface area contributed by atoms with Crippen LogP contribution in [0.2, 0.25) is 0 Å². The van der Waals surface area contributed by atoms with Gasteiger partial charge in [-0.05, 0) is 80.8 Å². The number of amides is 2. The highest BCUT2D eigenvalue weighted by molar-refractivity contribution is 7.44. The predicted octanol–water partition coefficient (Wildman–Crippen LogP) is 6.79. The second-order valence-corrected chi connectivity index (χ2v) is 16.9. The molecule has 1 saturated heterocycles. The van der Waals surface area contributed by atoms with Gasteiger partial charge in [-0.3, -0.25) is 28.8 Å². The van der Waals surface area contributed by atoms with Crippen molar-refractivity contribution in [3.8, 4) is 17.6 Å². The van der Waals surface area contributed by atoms with Crippen LogP contribution < -0.4 is 20.7 Å². The molecule has 5 atom stereocenters. The van der Waals surface area contributed by atoms with Crippen molar-refractivity contribution < 1.29 is 37.6 Å². The molecule has 2 aliphatic heterocycles. The fourth-order valence-corrected chi connectivity index (χ4v) is 10.0. The Kier molecular flexibility index (Phi) is 14.0. The first-order valence-corrected chi connectivity index (χ1v) is 21.7. The molecule has 0 bridgehead atoms. The monoisotopic (exact) mass is 875 g/mol. The Hall–Kier alpha value is -5.98. The lowest BCUT2D eigenvalue weighted by atomic mass is 9.80. The van der Waals surface area contributed by atoms with Crippen molar-refractivity contribution in [3.63, 3.8) is 0 Å². The molecule has 0 radical (unpaired) electrons. The van der Waals surface area contributed by atoms with Gasteiger partial charge in [0.2, 0.25) is 0 Å². The zero-order valence-corrected chi connectivity index (χ0v) is 36.8. The van der Waals surface area contributed by atoms with E-state index in [2.05, 4.69) is 11.1 Å². The summed E-state index contributed by atoms with van der Waals surface area (Å²) in [5, 5.41) is 9.52. The number of carbonyl (C=O) groups is 2. The van der Waals surface area contributed by atoms with E-state index in [1.54, 1.807) is 38.5 Å². The number of benzene rings is 4. The molecule has 328 valence electrons. The number of nitrogens with zero attached hydrogens (tertiary/aromatic N) is 4. The predicted molar refractivity (Wildman–Crippen MR) is 234 cm³/mol. The number of nitrogens with one attached hydrogen (secondary N) is 1. The summed E-state index contributed by atoms with van der Waals surface area (Å²) in [4.78, 5) is 58.5. The van der Waals surface area contributed by atoms with Crippen LogP contribution in [0.15, 0.2) is 125 Å². The number of carbonyl (C=O) groups excluding carboxylic acids is 2. The lowest BCUT2D eigenvalue weighted by Crippen LogP contribution is -2.52. The molecule has 7 rings (SSSR count). The minimum atomic E-state index is -2.04. The first-order valence-electron chi connectivity index (χ1n) is 20.6. The quantitative estimate of drug-likeness (QED) is 0.0424. The zero-order chi connectivity index (χ0) is 44.8. The molecule has 0 aliphatic carbocycles. The third kappa shape index (κ3) is 8.97. The molecular weight excluding hydrogens is 826 g/mol. The van der Waals surface area contributed by atoms with Crippen LogP contribution in [0.3, 0.4) is 0 Å². The highest BCUT2D eigenvalue weighted by Gasteiger charge is 2.57. The number of fused-ring (bicyclic) bond motifs is 1. The minimum Gasteiger partial charge on any atom is -0.497 e. The summed E-state index contributed by atoms with van der Waals surface area (Å²) >= 11 is 0. The number of ether oxygens (including phenoxy) is 4. The third-order valence-corrected chi connectivity index (χ3v) is 13.2. The molecule has 2 amide bonds. The number of H-pyrrole nitrogens is 1. The van der Waals surface area contributed by atoms with E-state index in [4.69, 9.17) is 28.0 Å². The molecule has 0 spiro atoms. The van der Waals surface area contributed by atoms with Gasteiger partial charge in [0, 0.05) is 24.3 Å². The van der Waals surface area contributed by atoms with Crippen LogP contribution in [-0.2, 0) is 24.1 Å².